The van der Waals surface area contributed by atoms with Gasteiger partial charge in [-0.05, 0) is 62.2 Å². The van der Waals surface area contributed by atoms with Crippen LogP contribution >= 0.6 is 0 Å². The van der Waals surface area contributed by atoms with Crippen LogP contribution in [0.1, 0.15) is 45.4 Å². The number of guanidine groups is 1. The Morgan fingerprint density at radius 1 is 1.21 bits per heavy atom. The number of rotatable bonds is 4. The molecule has 1 unspecified atom stereocenters. The van der Waals surface area contributed by atoms with Crippen LogP contribution in [-0.2, 0) is 0 Å². The summed E-state index contributed by atoms with van der Waals surface area (Å²) in [6, 6.07) is 0. The van der Waals surface area contributed by atoms with Gasteiger partial charge in [0.2, 0.25) is 0 Å². The molecule has 3 aliphatic rings. The van der Waals surface area contributed by atoms with Gasteiger partial charge in [0, 0.05) is 26.7 Å². The summed E-state index contributed by atoms with van der Waals surface area (Å²) < 4.78 is 0. The van der Waals surface area contributed by atoms with Crippen molar-refractivity contribution in [2.24, 2.45) is 28.7 Å². The van der Waals surface area contributed by atoms with E-state index in [4.69, 9.17) is 0 Å². The van der Waals surface area contributed by atoms with Crippen molar-refractivity contribution in [3.05, 3.63) is 0 Å². The van der Waals surface area contributed by atoms with Crippen molar-refractivity contribution < 1.29 is 0 Å². The second-order valence-corrected chi connectivity index (χ2v) is 6.96. The molecule has 1 saturated heterocycles. The quantitative estimate of drug-likeness (QED) is 0.624. The first kappa shape index (κ1) is 13.3. The lowest BCUT2D eigenvalue weighted by Crippen LogP contribution is -2.47. The summed E-state index contributed by atoms with van der Waals surface area (Å²) in [6.45, 7) is 5.88. The lowest BCUT2D eigenvalue weighted by atomic mass is 9.98. The van der Waals surface area contributed by atoms with Gasteiger partial charge in [-0.15, -0.1) is 0 Å². The summed E-state index contributed by atoms with van der Waals surface area (Å²) >= 11 is 0. The van der Waals surface area contributed by atoms with Crippen molar-refractivity contribution in [3.63, 3.8) is 0 Å². The molecule has 0 bridgehead atoms. The van der Waals surface area contributed by atoms with Crippen LogP contribution in [-0.4, -0.2) is 37.5 Å². The molecule has 1 atom stereocenters. The first-order valence-corrected chi connectivity index (χ1v) is 8.23. The van der Waals surface area contributed by atoms with Crippen LogP contribution in [0.25, 0.3) is 0 Å². The summed E-state index contributed by atoms with van der Waals surface area (Å²) in [5, 5.41) is 3.68. The molecule has 0 radical (unpaired) electrons. The predicted octanol–water partition coefficient (Wildman–Crippen LogP) is 2.73. The molecule has 1 heterocycles. The molecule has 3 fully saturated rings. The van der Waals surface area contributed by atoms with Crippen molar-refractivity contribution in [3.8, 4) is 0 Å². The highest BCUT2D eigenvalue weighted by Crippen LogP contribution is 2.48. The van der Waals surface area contributed by atoms with Gasteiger partial charge in [-0.1, -0.05) is 6.92 Å². The Labute approximate surface area is 117 Å². The van der Waals surface area contributed by atoms with Gasteiger partial charge in [0.25, 0.3) is 0 Å². The summed E-state index contributed by atoms with van der Waals surface area (Å²) in [6.07, 6.45) is 8.59. The third kappa shape index (κ3) is 3.43. The van der Waals surface area contributed by atoms with Crippen molar-refractivity contribution in [1.82, 2.24) is 10.2 Å². The summed E-state index contributed by atoms with van der Waals surface area (Å²) in [4.78, 5) is 6.97. The van der Waals surface area contributed by atoms with Crippen LogP contribution in [0.4, 0.5) is 0 Å². The molecule has 1 N–H and O–H groups in total. The molecule has 2 saturated carbocycles. The highest BCUT2D eigenvalue weighted by Gasteiger charge is 2.41. The van der Waals surface area contributed by atoms with E-state index in [1.54, 1.807) is 0 Å². The molecule has 3 nitrogen and oxygen atoms in total. The summed E-state index contributed by atoms with van der Waals surface area (Å²) in [7, 11) is 1.94. The topological polar surface area (TPSA) is 27.6 Å². The Hall–Kier alpha value is -0.730. The largest absolute Gasteiger partial charge is 0.356 e. The fraction of sp³-hybridized carbons (Fsp3) is 0.938. The van der Waals surface area contributed by atoms with Crippen molar-refractivity contribution >= 4 is 5.96 Å². The molecule has 2 aliphatic carbocycles. The molecule has 0 aromatic carbocycles. The van der Waals surface area contributed by atoms with E-state index >= 15 is 0 Å². The Kier molecular flexibility index (Phi) is 3.99. The van der Waals surface area contributed by atoms with Gasteiger partial charge in [0.1, 0.15) is 0 Å². The summed E-state index contributed by atoms with van der Waals surface area (Å²) in [5.74, 6) is 4.95. The molecule has 0 spiro atoms. The Morgan fingerprint density at radius 3 is 2.42 bits per heavy atom. The molecule has 3 heteroatoms. The van der Waals surface area contributed by atoms with E-state index in [1.807, 2.05) is 7.05 Å². The van der Waals surface area contributed by atoms with E-state index in [0.717, 1.165) is 36.2 Å². The average molecular weight is 263 g/mol. The van der Waals surface area contributed by atoms with Gasteiger partial charge in [-0.2, -0.15) is 0 Å². The highest BCUT2D eigenvalue weighted by molar-refractivity contribution is 5.80. The first-order chi connectivity index (χ1) is 9.28. The van der Waals surface area contributed by atoms with Gasteiger partial charge in [-0.3, -0.25) is 4.99 Å². The number of piperidine rings is 1. The van der Waals surface area contributed by atoms with Crippen LogP contribution in [0.3, 0.4) is 0 Å². The second kappa shape index (κ2) is 5.72. The molecule has 19 heavy (non-hydrogen) atoms. The third-order valence-electron chi connectivity index (χ3n) is 5.12. The fourth-order valence-electron chi connectivity index (χ4n) is 3.69. The molecular weight excluding hydrogens is 234 g/mol. The maximum atomic E-state index is 4.51. The van der Waals surface area contributed by atoms with Gasteiger partial charge in [-0.25, -0.2) is 0 Å². The molecule has 1 aliphatic heterocycles. The smallest absolute Gasteiger partial charge is 0.193 e. The highest BCUT2D eigenvalue weighted by atomic mass is 15.3. The number of aliphatic imine (C=N–C) groups is 1. The lowest BCUT2D eigenvalue weighted by molar-refractivity contribution is 0.263. The van der Waals surface area contributed by atoms with Crippen LogP contribution < -0.4 is 5.32 Å². The lowest BCUT2D eigenvalue weighted by Gasteiger charge is -2.34. The zero-order valence-electron chi connectivity index (χ0n) is 12.6. The van der Waals surface area contributed by atoms with E-state index in [2.05, 4.69) is 22.1 Å². The Morgan fingerprint density at radius 2 is 1.89 bits per heavy atom. The third-order valence-corrected chi connectivity index (χ3v) is 5.12. The van der Waals surface area contributed by atoms with Crippen molar-refractivity contribution in [1.29, 1.82) is 0 Å². The minimum atomic E-state index is 0.815. The van der Waals surface area contributed by atoms with E-state index in [-0.39, 0.29) is 0 Å². The summed E-state index contributed by atoms with van der Waals surface area (Å²) in [5.41, 5.74) is 0. The number of hydrogen-bond donors (Lipinski definition) is 1. The monoisotopic (exact) mass is 263 g/mol. The molecule has 0 aromatic rings. The standard InChI is InChI=1S/C16H29N3/c1-12-4-3-9-19(11-12)16(17-2)18-10-15(13-5-6-13)14-7-8-14/h12-15H,3-11H2,1-2H3,(H,17,18). The van der Waals surface area contributed by atoms with E-state index < -0.39 is 0 Å². The number of likely N-dealkylation sites (tertiary alicyclic amines) is 1. The van der Waals surface area contributed by atoms with E-state index in [0.29, 0.717) is 0 Å². The molecule has 3 rings (SSSR count). The van der Waals surface area contributed by atoms with Crippen LogP contribution in [0, 0.1) is 23.7 Å². The van der Waals surface area contributed by atoms with E-state index in [1.165, 1.54) is 51.6 Å². The van der Waals surface area contributed by atoms with E-state index in [9.17, 15) is 0 Å². The zero-order valence-corrected chi connectivity index (χ0v) is 12.6. The first-order valence-electron chi connectivity index (χ1n) is 8.23. The Balaban J connectivity index is 1.51. The molecular formula is C16H29N3. The SMILES string of the molecule is CN=C(NCC(C1CC1)C1CC1)N1CCCC(C)C1. The molecule has 0 amide bonds. The van der Waals surface area contributed by atoms with Gasteiger partial charge < -0.3 is 10.2 Å². The minimum Gasteiger partial charge on any atom is -0.356 e. The fourth-order valence-corrected chi connectivity index (χ4v) is 3.69. The maximum Gasteiger partial charge on any atom is 0.193 e. The second-order valence-electron chi connectivity index (χ2n) is 6.96. The maximum absolute atomic E-state index is 4.51. The van der Waals surface area contributed by atoms with Gasteiger partial charge in [0.15, 0.2) is 5.96 Å². The number of nitrogens with zero attached hydrogens (tertiary/aromatic N) is 2. The zero-order chi connectivity index (χ0) is 13.2. The van der Waals surface area contributed by atoms with Crippen molar-refractivity contribution in [2.45, 2.75) is 45.4 Å². The van der Waals surface area contributed by atoms with Crippen molar-refractivity contribution in [2.75, 3.05) is 26.7 Å². The van der Waals surface area contributed by atoms with Crippen LogP contribution in [0.5, 0.6) is 0 Å². The number of hydrogen-bond acceptors (Lipinski definition) is 1. The Bertz CT molecular complexity index is 319. The molecule has 108 valence electrons. The minimum absolute atomic E-state index is 0.815. The molecule has 0 aromatic heterocycles. The van der Waals surface area contributed by atoms with Gasteiger partial charge >= 0.3 is 0 Å². The average Bonchev–Trinajstić information content (AvgIpc) is 3.28. The van der Waals surface area contributed by atoms with Crippen LogP contribution in [0.15, 0.2) is 4.99 Å². The number of nitrogens with one attached hydrogen (secondary N) is 1. The van der Waals surface area contributed by atoms with Crippen LogP contribution in [0.2, 0.25) is 0 Å². The normalized spacial score (nSPS) is 28.9. The predicted molar refractivity (Wildman–Crippen MR) is 80.3 cm³/mol. The van der Waals surface area contributed by atoms with Gasteiger partial charge in [0.05, 0.1) is 0 Å².